The van der Waals surface area contributed by atoms with E-state index in [4.69, 9.17) is 26.1 Å². The molecule has 1 aliphatic heterocycles. The van der Waals surface area contributed by atoms with E-state index in [0.29, 0.717) is 51.6 Å². The minimum absolute atomic E-state index is 0.273. The molecule has 5 aromatic rings. The molecule has 1 atom stereocenters. The van der Waals surface area contributed by atoms with Gasteiger partial charge in [-0.05, 0) is 30.7 Å². The molecule has 0 unspecified atom stereocenters. The summed E-state index contributed by atoms with van der Waals surface area (Å²) in [4.78, 5) is 24.2. The topological polar surface area (TPSA) is 115 Å². The van der Waals surface area contributed by atoms with E-state index in [0.717, 1.165) is 18.7 Å². The lowest BCUT2D eigenvalue weighted by molar-refractivity contribution is 0.156. The Bertz CT molecular complexity index is 1530. The highest BCUT2D eigenvalue weighted by Gasteiger charge is 2.30. The maximum Gasteiger partial charge on any atom is 0.226 e. The van der Waals surface area contributed by atoms with Crippen LogP contribution in [0, 0.1) is 0 Å². The largest absolute Gasteiger partial charge is 0.456 e. The van der Waals surface area contributed by atoms with Crippen LogP contribution < -0.4 is 15.0 Å². The van der Waals surface area contributed by atoms with Gasteiger partial charge in [0.25, 0.3) is 0 Å². The standard InChI is InChI=1S/C23H20ClN9O2/c1-34-11-15-4-6-32(15)23-25-10-18-21(31-23)22(28-12-26-18)30-14-2-3-19(17(24)8-14)35-16-5-7-33-20(9-16)27-13-29-33/h2-3,5,7-10,12-13,15H,4,6,11H2,1H3,(H,26,28,30)/t15-/m0/s1. The molecule has 6 rings (SSSR count). The molecule has 0 spiro atoms. The molecule has 1 saturated heterocycles. The second kappa shape index (κ2) is 8.93. The summed E-state index contributed by atoms with van der Waals surface area (Å²) in [5.74, 6) is 2.32. The van der Waals surface area contributed by atoms with Gasteiger partial charge in [-0.25, -0.2) is 29.4 Å². The zero-order chi connectivity index (χ0) is 23.8. The number of methoxy groups -OCH3 is 1. The van der Waals surface area contributed by atoms with Crippen molar-refractivity contribution in [2.75, 3.05) is 30.5 Å². The van der Waals surface area contributed by atoms with Crippen LogP contribution in [0.1, 0.15) is 6.42 Å². The molecule has 1 N–H and O–H groups in total. The molecule has 12 heteroatoms. The molecular formula is C23H20ClN9O2. The minimum Gasteiger partial charge on any atom is -0.456 e. The lowest BCUT2D eigenvalue weighted by atomic mass is 10.1. The molecule has 0 aliphatic carbocycles. The van der Waals surface area contributed by atoms with Crippen LogP contribution in [0.5, 0.6) is 11.5 Å². The number of nitrogens with one attached hydrogen (secondary N) is 1. The summed E-state index contributed by atoms with van der Waals surface area (Å²) in [6.45, 7) is 1.52. The van der Waals surface area contributed by atoms with Gasteiger partial charge in [-0.1, -0.05) is 11.6 Å². The highest BCUT2D eigenvalue weighted by Crippen LogP contribution is 2.33. The number of anilines is 3. The van der Waals surface area contributed by atoms with Crippen LogP contribution in [0.15, 0.2) is 55.4 Å². The molecule has 0 amide bonds. The van der Waals surface area contributed by atoms with E-state index in [1.807, 2.05) is 6.07 Å². The average molecular weight is 490 g/mol. The molecule has 5 heterocycles. The highest BCUT2D eigenvalue weighted by molar-refractivity contribution is 6.32. The summed E-state index contributed by atoms with van der Waals surface area (Å²) in [6, 6.07) is 9.27. The Morgan fingerprint density at radius 1 is 1.11 bits per heavy atom. The third-order valence-corrected chi connectivity index (χ3v) is 6.09. The van der Waals surface area contributed by atoms with E-state index in [9.17, 15) is 0 Å². The van der Waals surface area contributed by atoms with Gasteiger partial charge in [0.05, 0.1) is 23.9 Å². The van der Waals surface area contributed by atoms with Gasteiger partial charge in [-0.2, -0.15) is 5.10 Å². The van der Waals surface area contributed by atoms with Gasteiger partial charge in [0.1, 0.15) is 35.2 Å². The van der Waals surface area contributed by atoms with E-state index in [1.54, 1.807) is 48.3 Å². The van der Waals surface area contributed by atoms with Crippen molar-refractivity contribution in [1.82, 2.24) is 34.5 Å². The third kappa shape index (κ3) is 4.15. The maximum absolute atomic E-state index is 6.52. The summed E-state index contributed by atoms with van der Waals surface area (Å²) >= 11 is 6.52. The van der Waals surface area contributed by atoms with Gasteiger partial charge in [-0.15, -0.1) is 0 Å². The number of halogens is 1. The lowest BCUT2D eigenvalue weighted by Gasteiger charge is -2.40. The van der Waals surface area contributed by atoms with Crippen molar-refractivity contribution >= 4 is 45.7 Å². The predicted molar refractivity (Wildman–Crippen MR) is 131 cm³/mol. The predicted octanol–water partition coefficient (Wildman–Crippen LogP) is 3.88. The SMILES string of the molecule is COC[C@@H]1CCN1c1ncc2ncnc(Nc3ccc(Oc4ccn5ncnc5c4)c(Cl)c3)c2n1. The second-order valence-corrected chi connectivity index (χ2v) is 8.42. The van der Waals surface area contributed by atoms with Gasteiger partial charge in [-0.3, -0.25) is 0 Å². The normalized spacial score (nSPS) is 15.4. The zero-order valence-electron chi connectivity index (χ0n) is 18.7. The number of fused-ring (bicyclic) bond motifs is 2. The van der Waals surface area contributed by atoms with Gasteiger partial charge in [0, 0.05) is 31.6 Å². The fraction of sp³-hybridized carbons (Fsp3) is 0.217. The van der Waals surface area contributed by atoms with E-state index in [-0.39, 0.29) is 6.04 Å². The Morgan fingerprint density at radius 3 is 2.89 bits per heavy atom. The molecule has 0 saturated carbocycles. The van der Waals surface area contributed by atoms with Crippen molar-refractivity contribution in [3.8, 4) is 11.5 Å². The Kier molecular flexibility index (Phi) is 5.47. The molecule has 176 valence electrons. The quantitative estimate of drug-likeness (QED) is 0.361. The summed E-state index contributed by atoms with van der Waals surface area (Å²) in [6.07, 6.45) is 7.49. The van der Waals surface area contributed by atoms with Crippen LogP contribution in [0.25, 0.3) is 16.7 Å². The molecule has 0 radical (unpaired) electrons. The van der Waals surface area contributed by atoms with Crippen molar-refractivity contribution in [2.24, 2.45) is 0 Å². The highest BCUT2D eigenvalue weighted by atomic mass is 35.5. The molecule has 1 fully saturated rings. The summed E-state index contributed by atoms with van der Waals surface area (Å²) in [7, 11) is 1.70. The Morgan fingerprint density at radius 2 is 2.06 bits per heavy atom. The molecule has 11 nitrogen and oxygen atoms in total. The van der Waals surface area contributed by atoms with E-state index in [1.165, 1.54) is 12.7 Å². The van der Waals surface area contributed by atoms with Crippen LogP contribution in [0.4, 0.5) is 17.5 Å². The van der Waals surface area contributed by atoms with Crippen LogP contribution in [0.3, 0.4) is 0 Å². The Balaban J connectivity index is 1.24. The van der Waals surface area contributed by atoms with Gasteiger partial charge in [0.2, 0.25) is 5.95 Å². The van der Waals surface area contributed by atoms with Crippen molar-refractivity contribution in [1.29, 1.82) is 0 Å². The molecular weight excluding hydrogens is 470 g/mol. The van der Waals surface area contributed by atoms with Crippen LogP contribution in [-0.4, -0.2) is 60.8 Å². The van der Waals surface area contributed by atoms with E-state index < -0.39 is 0 Å². The van der Waals surface area contributed by atoms with Crippen molar-refractivity contribution in [2.45, 2.75) is 12.5 Å². The smallest absolute Gasteiger partial charge is 0.226 e. The van der Waals surface area contributed by atoms with Crippen molar-refractivity contribution in [3.05, 3.63) is 60.4 Å². The first-order chi connectivity index (χ1) is 17.2. The van der Waals surface area contributed by atoms with Crippen LogP contribution >= 0.6 is 11.6 Å². The maximum atomic E-state index is 6.52. The van der Waals surface area contributed by atoms with E-state index in [2.05, 4.69) is 35.3 Å². The van der Waals surface area contributed by atoms with E-state index >= 15 is 0 Å². The molecule has 35 heavy (non-hydrogen) atoms. The summed E-state index contributed by atoms with van der Waals surface area (Å²) in [5, 5.41) is 7.81. The first-order valence-electron chi connectivity index (χ1n) is 10.9. The number of benzene rings is 1. The average Bonchev–Trinajstić information content (AvgIpc) is 3.32. The lowest BCUT2D eigenvalue weighted by Crippen LogP contribution is -2.51. The van der Waals surface area contributed by atoms with Gasteiger partial charge in [0.15, 0.2) is 11.5 Å². The number of pyridine rings is 1. The van der Waals surface area contributed by atoms with Crippen LogP contribution in [0.2, 0.25) is 5.02 Å². The third-order valence-electron chi connectivity index (χ3n) is 5.80. The Labute approximate surface area is 204 Å². The monoisotopic (exact) mass is 489 g/mol. The summed E-state index contributed by atoms with van der Waals surface area (Å²) < 4.78 is 12.9. The minimum atomic E-state index is 0.273. The van der Waals surface area contributed by atoms with Gasteiger partial charge < -0.3 is 19.7 Å². The fourth-order valence-electron chi connectivity index (χ4n) is 3.93. The van der Waals surface area contributed by atoms with Crippen molar-refractivity contribution in [3.63, 3.8) is 0 Å². The molecule has 1 aliphatic rings. The molecule has 1 aromatic carbocycles. The van der Waals surface area contributed by atoms with Gasteiger partial charge >= 0.3 is 0 Å². The number of nitrogens with zero attached hydrogens (tertiary/aromatic N) is 8. The number of hydrogen-bond acceptors (Lipinski definition) is 10. The Hall–Kier alpha value is -4.09. The second-order valence-electron chi connectivity index (χ2n) is 8.01. The fourth-order valence-corrected chi connectivity index (χ4v) is 4.15. The van der Waals surface area contributed by atoms with Crippen molar-refractivity contribution < 1.29 is 9.47 Å². The first kappa shape index (κ1) is 21.4. The first-order valence-corrected chi connectivity index (χ1v) is 11.3. The zero-order valence-corrected chi connectivity index (χ0v) is 19.4. The number of hydrogen-bond donors (Lipinski definition) is 1. The van der Waals surface area contributed by atoms with Crippen LogP contribution in [-0.2, 0) is 4.74 Å². The summed E-state index contributed by atoms with van der Waals surface area (Å²) in [5.41, 5.74) is 2.68. The number of ether oxygens (including phenoxy) is 2. The number of aromatic nitrogens is 7. The molecule has 0 bridgehead atoms. The molecule has 4 aromatic heterocycles. The number of rotatable bonds is 7.